The van der Waals surface area contributed by atoms with E-state index in [0.29, 0.717) is 30.4 Å². The summed E-state index contributed by atoms with van der Waals surface area (Å²) in [6.07, 6.45) is 5.05. The Morgan fingerprint density at radius 2 is 1.73 bits per heavy atom. The Labute approximate surface area is 194 Å². The predicted octanol–water partition coefficient (Wildman–Crippen LogP) is 5.26. The van der Waals surface area contributed by atoms with Crippen LogP contribution in [0.1, 0.15) is 27.9 Å². The summed E-state index contributed by atoms with van der Waals surface area (Å²) in [6, 6.07) is 17.2. The van der Waals surface area contributed by atoms with E-state index in [9.17, 15) is 0 Å². The molecule has 0 radical (unpaired) electrons. The Morgan fingerprint density at radius 1 is 1.00 bits per heavy atom. The maximum absolute atomic E-state index is 9.00. The zero-order valence-corrected chi connectivity index (χ0v) is 18.7. The number of anilines is 4. The second kappa shape index (κ2) is 11.2. The summed E-state index contributed by atoms with van der Waals surface area (Å²) in [6.45, 7) is 8.99. The van der Waals surface area contributed by atoms with E-state index in [1.807, 2.05) is 50.2 Å². The topological polar surface area (TPSA) is 109 Å². The van der Waals surface area contributed by atoms with Gasteiger partial charge in [0.25, 0.3) is 0 Å². The van der Waals surface area contributed by atoms with Gasteiger partial charge in [-0.1, -0.05) is 6.08 Å². The third-order valence-electron chi connectivity index (χ3n) is 4.80. The van der Waals surface area contributed by atoms with Crippen molar-refractivity contribution in [2.24, 2.45) is 0 Å². The van der Waals surface area contributed by atoms with E-state index >= 15 is 0 Å². The molecule has 0 bridgehead atoms. The number of nitrogens with one attached hydrogen (secondary N) is 3. The number of benzene rings is 2. The molecular weight excluding hydrogens is 410 g/mol. The Kier molecular flexibility index (Phi) is 7.91. The second-order valence-corrected chi connectivity index (χ2v) is 7.42. The standard InChI is InChI=1S/C26H25N7/c1-4-12-29-17-23-15-24(32-25-18(2)13-21(6-5-11-27)14-19(25)3)33-26(31-23)30-22-9-7-20(16-28)8-10-22/h4-10,13-15,29H,1,12,17H2,2-3H3,(H2,30,31,32,33)/b6-5+. The molecule has 0 aliphatic carbocycles. The molecule has 7 heteroatoms. The number of hydrogen-bond donors (Lipinski definition) is 3. The molecule has 1 heterocycles. The second-order valence-electron chi connectivity index (χ2n) is 7.42. The molecule has 0 amide bonds. The summed E-state index contributed by atoms with van der Waals surface area (Å²) < 4.78 is 0. The van der Waals surface area contributed by atoms with Gasteiger partial charge in [0, 0.05) is 36.6 Å². The summed E-state index contributed by atoms with van der Waals surface area (Å²) in [5, 5.41) is 27.7. The average Bonchev–Trinajstić information content (AvgIpc) is 2.81. The van der Waals surface area contributed by atoms with Crippen LogP contribution in [0.4, 0.5) is 23.1 Å². The minimum Gasteiger partial charge on any atom is -0.340 e. The van der Waals surface area contributed by atoms with E-state index in [2.05, 4.69) is 38.6 Å². The molecular formula is C26H25N7. The molecule has 3 rings (SSSR count). The van der Waals surface area contributed by atoms with Crippen molar-refractivity contribution in [2.75, 3.05) is 17.2 Å². The van der Waals surface area contributed by atoms with Gasteiger partial charge in [-0.3, -0.25) is 0 Å². The number of hydrogen-bond acceptors (Lipinski definition) is 7. The molecule has 0 saturated carbocycles. The first-order chi connectivity index (χ1) is 16.0. The highest BCUT2D eigenvalue weighted by Crippen LogP contribution is 2.27. The van der Waals surface area contributed by atoms with Crippen LogP contribution in [0.3, 0.4) is 0 Å². The van der Waals surface area contributed by atoms with Gasteiger partial charge < -0.3 is 16.0 Å². The molecule has 164 valence electrons. The van der Waals surface area contributed by atoms with Gasteiger partial charge in [-0.25, -0.2) is 4.98 Å². The van der Waals surface area contributed by atoms with E-state index in [0.717, 1.165) is 33.8 Å². The predicted molar refractivity (Wildman–Crippen MR) is 132 cm³/mol. The zero-order valence-electron chi connectivity index (χ0n) is 18.7. The Bertz CT molecular complexity index is 1220. The summed E-state index contributed by atoms with van der Waals surface area (Å²) in [7, 11) is 0. The first kappa shape index (κ1) is 23.2. The highest BCUT2D eigenvalue weighted by Gasteiger charge is 2.10. The highest BCUT2D eigenvalue weighted by molar-refractivity contribution is 5.69. The van der Waals surface area contributed by atoms with Crippen molar-refractivity contribution in [1.29, 1.82) is 10.5 Å². The van der Waals surface area contributed by atoms with Crippen LogP contribution in [0.5, 0.6) is 0 Å². The fourth-order valence-electron chi connectivity index (χ4n) is 3.32. The summed E-state index contributed by atoms with van der Waals surface area (Å²) in [4.78, 5) is 9.26. The molecule has 3 N–H and O–H groups in total. The summed E-state index contributed by atoms with van der Waals surface area (Å²) in [5.74, 6) is 1.10. The molecule has 1 aromatic heterocycles. The van der Waals surface area contributed by atoms with Crippen molar-refractivity contribution in [3.05, 3.63) is 89.1 Å². The lowest BCUT2D eigenvalue weighted by Gasteiger charge is -2.15. The van der Waals surface area contributed by atoms with Crippen molar-refractivity contribution in [3.8, 4) is 12.1 Å². The third kappa shape index (κ3) is 6.51. The molecule has 33 heavy (non-hydrogen) atoms. The quantitative estimate of drug-likeness (QED) is 0.239. The van der Waals surface area contributed by atoms with Crippen LogP contribution in [0, 0.1) is 36.5 Å². The Hall–Kier alpha value is -4.46. The van der Waals surface area contributed by atoms with Crippen LogP contribution >= 0.6 is 0 Å². The minimum absolute atomic E-state index is 0.448. The first-order valence-electron chi connectivity index (χ1n) is 10.4. The SMILES string of the molecule is C=CCNCc1cc(Nc2c(C)cc(/C=C/C#N)cc2C)nc(Nc2ccc(C#N)cc2)n1. The number of rotatable bonds is 9. The van der Waals surface area contributed by atoms with Crippen molar-refractivity contribution in [2.45, 2.75) is 20.4 Å². The number of nitriles is 2. The lowest BCUT2D eigenvalue weighted by molar-refractivity contribution is 0.739. The van der Waals surface area contributed by atoms with Crippen LogP contribution < -0.4 is 16.0 Å². The van der Waals surface area contributed by atoms with E-state index < -0.39 is 0 Å². The maximum Gasteiger partial charge on any atom is 0.229 e. The van der Waals surface area contributed by atoms with Gasteiger partial charge >= 0.3 is 0 Å². The largest absolute Gasteiger partial charge is 0.340 e. The van der Waals surface area contributed by atoms with Crippen LogP contribution in [0.25, 0.3) is 6.08 Å². The lowest BCUT2D eigenvalue weighted by Crippen LogP contribution is -2.15. The molecule has 0 saturated heterocycles. The van der Waals surface area contributed by atoms with Crippen molar-refractivity contribution < 1.29 is 0 Å². The van der Waals surface area contributed by atoms with Crippen LogP contribution in [0.15, 0.2) is 61.2 Å². The Balaban J connectivity index is 1.91. The van der Waals surface area contributed by atoms with Gasteiger partial charge in [0.2, 0.25) is 5.95 Å². The van der Waals surface area contributed by atoms with Crippen LogP contribution in [0.2, 0.25) is 0 Å². The van der Waals surface area contributed by atoms with Gasteiger partial charge in [0.05, 0.1) is 23.4 Å². The number of aromatic nitrogens is 2. The molecule has 2 aromatic carbocycles. The molecule has 0 unspecified atom stereocenters. The molecule has 0 spiro atoms. The van der Waals surface area contributed by atoms with Gasteiger partial charge in [-0.15, -0.1) is 6.58 Å². The molecule has 0 fully saturated rings. The van der Waals surface area contributed by atoms with E-state index in [-0.39, 0.29) is 0 Å². The highest BCUT2D eigenvalue weighted by atomic mass is 15.1. The van der Waals surface area contributed by atoms with Crippen molar-refractivity contribution in [1.82, 2.24) is 15.3 Å². The molecule has 0 atom stereocenters. The van der Waals surface area contributed by atoms with Gasteiger partial charge in [-0.2, -0.15) is 15.5 Å². The number of allylic oxidation sites excluding steroid dienone is 1. The summed E-state index contributed by atoms with van der Waals surface area (Å²) >= 11 is 0. The number of nitrogens with zero attached hydrogens (tertiary/aromatic N) is 4. The van der Waals surface area contributed by atoms with E-state index in [4.69, 9.17) is 10.5 Å². The monoisotopic (exact) mass is 435 g/mol. The lowest BCUT2D eigenvalue weighted by atomic mass is 10.0. The normalized spacial score (nSPS) is 10.4. The summed E-state index contributed by atoms with van der Waals surface area (Å²) in [5.41, 5.74) is 6.20. The molecule has 0 aliphatic rings. The van der Waals surface area contributed by atoms with Crippen molar-refractivity contribution >= 4 is 29.2 Å². The van der Waals surface area contributed by atoms with Crippen molar-refractivity contribution in [3.63, 3.8) is 0 Å². The molecule has 3 aromatic rings. The first-order valence-corrected chi connectivity index (χ1v) is 10.4. The van der Waals surface area contributed by atoms with E-state index in [1.165, 1.54) is 6.08 Å². The zero-order chi connectivity index (χ0) is 23.6. The molecule has 7 nitrogen and oxygen atoms in total. The minimum atomic E-state index is 0.448. The smallest absolute Gasteiger partial charge is 0.229 e. The van der Waals surface area contributed by atoms with E-state index in [1.54, 1.807) is 24.3 Å². The van der Waals surface area contributed by atoms with Gasteiger partial charge in [-0.05, 0) is 73.0 Å². The molecule has 0 aliphatic heterocycles. The van der Waals surface area contributed by atoms with Crippen LogP contribution in [-0.2, 0) is 6.54 Å². The fourth-order valence-corrected chi connectivity index (χ4v) is 3.32. The third-order valence-corrected chi connectivity index (χ3v) is 4.80. The Morgan fingerprint density at radius 3 is 2.36 bits per heavy atom. The maximum atomic E-state index is 9.00. The number of aryl methyl sites for hydroxylation is 2. The fraction of sp³-hybridized carbons (Fsp3) is 0.154. The average molecular weight is 436 g/mol. The van der Waals surface area contributed by atoms with Gasteiger partial charge in [0.1, 0.15) is 5.82 Å². The van der Waals surface area contributed by atoms with Crippen LogP contribution in [-0.4, -0.2) is 16.5 Å². The van der Waals surface area contributed by atoms with Gasteiger partial charge in [0.15, 0.2) is 0 Å².